The van der Waals surface area contributed by atoms with Crippen molar-refractivity contribution in [2.24, 2.45) is 0 Å². The van der Waals surface area contributed by atoms with Gasteiger partial charge < -0.3 is 34.6 Å². The zero-order valence-electron chi connectivity index (χ0n) is 37.6. The van der Waals surface area contributed by atoms with Crippen LogP contribution in [0.25, 0.3) is 0 Å². The summed E-state index contributed by atoms with van der Waals surface area (Å²) in [5, 5.41) is 9.99. The van der Waals surface area contributed by atoms with Gasteiger partial charge in [-0.05, 0) is 93.9 Å². The van der Waals surface area contributed by atoms with E-state index < -0.39 is 19.1 Å². The molecule has 4 aromatic rings. The average molecular weight is 920 g/mol. The molecule has 0 saturated carbocycles. The maximum atomic E-state index is 13.1. The highest BCUT2D eigenvalue weighted by atomic mass is 35.5. The molecule has 65 heavy (non-hydrogen) atoms. The van der Waals surface area contributed by atoms with Crippen LogP contribution < -0.4 is 30.9 Å². The predicted molar refractivity (Wildman–Crippen MR) is 258 cm³/mol. The highest BCUT2D eigenvalue weighted by Gasteiger charge is 2.39. The summed E-state index contributed by atoms with van der Waals surface area (Å²) in [6.07, 6.45) is 9.76. The number of ether oxygens (including phenoxy) is 1. The molecular weight excluding hydrogens is 861 g/mol. The fraction of sp³-hybridized carbons (Fsp3) is 0.449. The lowest BCUT2D eigenvalue weighted by Crippen LogP contribution is -2.53. The number of piperidine rings is 2. The largest absolute Gasteiger partial charge is 0.494 e. The van der Waals surface area contributed by atoms with Gasteiger partial charge >= 0.3 is 0 Å². The van der Waals surface area contributed by atoms with Crippen molar-refractivity contribution >= 4 is 70.6 Å². The first-order valence-electron chi connectivity index (χ1n) is 22.8. The van der Waals surface area contributed by atoms with Crippen LogP contribution in [-0.2, 0) is 20.7 Å². The number of rotatable bonds is 15. The summed E-state index contributed by atoms with van der Waals surface area (Å²) < 4.78 is 18.7. The van der Waals surface area contributed by atoms with E-state index in [9.17, 15) is 18.9 Å². The molecule has 4 aliphatic rings. The third kappa shape index (κ3) is 11.2. The SMILES string of the molecule is COc1cc(N2CCC(N3CCN(CCCCCCC#Cc4cccc5c4CN(C4CCC(=O)NC4=O)C5=O)CC3)CC2)ccc1Nc1ncc(Cl)c(Nc2ccccc2P(C)(C)=O)n1. The van der Waals surface area contributed by atoms with Gasteiger partial charge in [-0.25, -0.2) is 4.98 Å². The van der Waals surface area contributed by atoms with Gasteiger partial charge in [-0.3, -0.25) is 24.6 Å². The van der Waals surface area contributed by atoms with Crippen molar-refractivity contribution in [2.45, 2.75) is 76.4 Å². The van der Waals surface area contributed by atoms with E-state index in [-0.39, 0.29) is 18.2 Å². The fourth-order valence-corrected chi connectivity index (χ4v) is 10.7. The molecule has 342 valence electrons. The van der Waals surface area contributed by atoms with E-state index in [0.717, 1.165) is 106 Å². The van der Waals surface area contributed by atoms with Crippen molar-refractivity contribution in [3.8, 4) is 17.6 Å². The van der Waals surface area contributed by atoms with Gasteiger partial charge in [0.15, 0.2) is 5.82 Å². The minimum Gasteiger partial charge on any atom is -0.494 e. The zero-order chi connectivity index (χ0) is 45.5. The Balaban J connectivity index is 0.733. The summed E-state index contributed by atoms with van der Waals surface area (Å²) in [7, 11) is -0.876. The normalized spacial score (nSPS) is 18.5. The summed E-state index contributed by atoms with van der Waals surface area (Å²) in [5.74, 6) is 7.23. The number of halogens is 1. The van der Waals surface area contributed by atoms with Crippen molar-refractivity contribution < 1.29 is 23.7 Å². The summed E-state index contributed by atoms with van der Waals surface area (Å²) in [4.78, 5) is 55.6. The number of carbonyl (C=O) groups is 3. The summed E-state index contributed by atoms with van der Waals surface area (Å²) in [5.41, 5.74) is 4.88. The molecule has 0 bridgehead atoms. The van der Waals surface area contributed by atoms with Crippen molar-refractivity contribution in [3.63, 3.8) is 0 Å². The highest BCUT2D eigenvalue weighted by molar-refractivity contribution is 7.70. The first kappa shape index (κ1) is 46.1. The smallest absolute Gasteiger partial charge is 0.255 e. The Morgan fingerprint density at radius 3 is 2.45 bits per heavy atom. The first-order chi connectivity index (χ1) is 31.4. The van der Waals surface area contributed by atoms with Crippen molar-refractivity contribution in [1.29, 1.82) is 0 Å². The van der Waals surface area contributed by atoms with Gasteiger partial charge in [0.1, 0.15) is 24.0 Å². The second kappa shape index (κ2) is 20.8. The maximum Gasteiger partial charge on any atom is 0.255 e. The molecule has 3 amide bonds. The number of amides is 3. The standard InChI is InChI=1S/C49H59ClN9O5P/c1-64-43-31-36(18-19-40(43)53-49-51-32-39(50)46(55-49)52-41-16-9-10-17-44(41)65(2,3)63)57-25-22-35(23-26-57)58-29-27-56(28-30-58)24-11-7-5-4-6-8-13-34-14-12-15-37-38(34)33-59(48(37)62)42-20-21-45(60)54-47(42)61/h9-10,12,14-19,31-32,35,42H,4-7,11,20-30,33H2,1-3H3,(H,54,60,61)(H2,51,52,53,55). The van der Waals surface area contributed by atoms with E-state index in [0.29, 0.717) is 52.8 Å². The molecule has 0 spiro atoms. The highest BCUT2D eigenvalue weighted by Crippen LogP contribution is 2.39. The molecule has 1 aromatic heterocycles. The molecule has 14 nitrogen and oxygen atoms in total. The van der Waals surface area contributed by atoms with Crippen LogP contribution in [0.3, 0.4) is 0 Å². The zero-order valence-corrected chi connectivity index (χ0v) is 39.2. The minimum absolute atomic E-state index is 0.167. The number of para-hydroxylation sites is 1. The number of anilines is 5. The molecule has 3 N–H and O–H groups in total. The third-order valence-corrected chi connectivity index (χ3v) is 14.8. The molecule has 0 aliphatic carbocycles. The van der Waals surface area contributed by atoms with Gasteiger partial charge in [-0.2, -0.15) is 4.98 Å². The number of hydrogen-bond acceptors (Lipinski definition) is 12. The summed E-state index contributed by atoms with van der Waals surface area (Å²) in [6.45, 7) is 11.4. The summed E-state index contributed by atoms with van der Waals surface area (Å²) in [6, 6.07) is 19.2. The van der Waals surface area contributed by atoms with Gasteiger partial charge in [-0.1, -0.05) is 54.5 Å². The molecule has 4 aliphatic heterocycles. The molecular formula is C49H59ClN9O5P. The molecule has 8 rings (SSSR count). The number of nitrogens with one attached hydrogen (secondary N) is 3. The number of hydrogen-bond donors (Lipinski definition) is 3. The van der Waals surface area contributed by atoms with Crippen LogP contribution in [-0.4, -0.2) is 121 Å². The Kier molecular flexibility index (Phi) is 14.8. The third-order valence-electron chi connectivity index (χ3n) is 13.0. The van der Waals surface area contributed by atoms with Gasteiger partial charge in [0.25, 0.3) is 5.91 Å². The van der Waals surface area contributed by atoms with Crippen molar-refractivity contribution in [1.82, 2.24) is 30.0 Å². The topological polar surface area (TPSA) is 152 Å². The lowest BCUT2D eigenvalue weighted by molar-refractivity contribution is -0.136. The van der Waals surface area contributed by atoms with Gasteiger partial charge in [-0.15, -0.1) is 0 Å². The Hall–Kier alpha value is -5.45. The van der Waals surface area contributed by atoms with Crippen LogP contribution in [0.1, 0.15) is 79.3 Å². The number of piperazine rings is 1. The lowest BCUT2D eigenvalue weighted by atomic mass is 10.0. The van der Waals surface area contributed by atoms with Crippen LogP contribution >= 0.6 is 18.7 Å². The fourth-order valence-electron chi connectivity index (χ4n) is 9.40. The predicted octanol–water partition coefficient (Wildman–Crippen LogP) is 7.22. The van der Waals surface area contributed by atoms with E-state index in [1.165, 1.54) is 12.8 Å². The van der Waals surface area contributed by atoms with Crippen molar-refractivity contribution in [3.05, 3.63) is 88.6 Å². The second-order valence-electron chi connectivity index (χ2n) is 17.7. The number of nitrogens with zero attached hydrogens (tertiary/aromatic N) is 6. The number of carbonyl (C=O) groups excluding carboxylic acids is 3. The Morgan fingerprint density at radius 2 is 1.68 bits per heavy atom. The van der Waals surface area contributed by atoms with Gasteiger partial charge in [0, 0.05) is 92.9 Å². The number of benzene rings is 3. The number of aromatic nitrogens is 2. The molecule has 5 heterocycles. The van der Waals surface area contributed by atoms with Crippen molar-refractivity contribution in [2.75, 3.05) is 81.8 Å². The number of unbranched alkanes of at least 4 members (excludes halogenated alkanes) is 4. The average Bonchev–Trinajstić information content (AvgIpc) is 3.64. The van der Waals surface area contributed by atoms with Gasteiger partial charge in [0.2, 0.25) is 17.8 Å². The molecule has 3 aromatic carbocycles. The van der Waals surface area contributed by atoms with Crippen LogP contribution in [0.5, 0.6) is 5.75 Å². The molecule has 1 unspecified atom stereocenters. The van der Waals surface area contributed by atoms with E-state index >= 15 is 0 Å². The van der Waals surface area contributed by atoms with Gasteiger partial charge in [0.05, 0.1) is 24.7 Å². The van der Waals surface area contributed by atoms with E-state index in [1.807, 2.05) is 42.5 Å². The molecule has 0 radical (unpaired) electrons. The maximum absolute atomic E-state index is 13.1. The van der Waals surface area contributed by atoms with Crippen LogP contribution in [0, 0.1) is 11.8 Å². The Morgan fingerprint density at radius 1 is 0.892 bits per heavy atom. The number of methoxy groups -OCH3 is 1. The quantitative estimate of drug-likeness (QED) is 0.0478. The second-order valence-corrected chi connectivity index (χ2v) is 21.3. The summed E-state index contributed by atoms with van der Waals surface area (Å²) >= 11 is 6.49. The molecule has 3 fully saturated rings. The minimum atomic E-state index is -2.54. The van der Waals surface area contributed by atoms with Crippen LogP contribution in [0.2, 0.25) is 5.02 Å². The lowest BCUT2D eigenvalue weighted by Gasteiger charge is -2.43. The first-order valence-corrected chi connectivity index (χ1v) is 25.8. The van der Waals surface area contributed by atoms with E-state index in [1.54, 1.807) is 37.6 Å². The Bertz CT molecular complexity index is 2510. The van der Waals surface area contributed by atoms with E-state index in [2.05, 4.69) is 64.6 Å². The van der Waals surface area contributed by atoms with Crippen LogP contribution in [0.15, 0.2) is 66.9 Å². The molecule has 1 atom stereocenters. The van der Waals surface area contributed by atoms with E-state index in [4.69, 9.17) is 16.3 Å². The molecule has 3 saturated heterocycles. The number of fused-ring (bicyclic) bond motifs is 1. The Labute approximate surface area is 387 Å². The monoisotopic (exact) mass is 919 g/mol. The molecule has 16 heteroatoms. The number of imide groups is 1. The van der Waals surface area contributed by atoms with Crippen LogP contribution in [0.4, 0.5) is 28.8 Å².